The fourth-order valence-corrected chi connectivity index (χ4v) is 4.16. The van der Waals surface area contributed by atoms with Gasteiger partial charge in [0, 0.05) is 58.9 Å². The number of halogens is 1. The first kappa shape index (κ1) is 20.8. The summed E-state index contributed by atoms with van der Waals surface area (Å²) in [6, 6.07) is 11.2. The molecule has 2 aromatic rings. The van der Waals surface area contributed by atoms with E-state index in [1.807, 2.05) is 29.2 Å². The zero-order valence-electron chi connectivity index (χ0n) is 17.0. The van der Waals surface area contributed by atoms with Crippen molar-refractivity contribution in [1.29, 1.82) is 0 Å². The number of anilines is 2. The van der Waals surface area contributed by atoms with E-state index in [1.165, 1.54) is 0 Å². The third-order valence-corrected chi connectivity index (χ3v) is 6.07. The van der Waals surface area contributed by atoms with Crippen molar-refractivity contribution in [3.8, 4) is 0 Å². The molecule has 160 valence electrons. The number of β-amino-alcohol motifs (C(OH)–C–C–N with tert-alkyl or cyclic N) is 1. The van der Waals surface area contributed by atoms with Crippen LogP contribution in [0.5, 0.6) is 0 Å². The molecular formula is C21H27ClN6O2. The monoisotopic (exact) mass is 430 g/mol. The van der Waals surface area contributed by atoms with Crippen LogP contribution < -0.4 is 9.80 Å². The third-order valence-electron chi connectivity index (χ3n) is 5.74. The van der Waals surface area contributed by atoms with E-state index in [0.717, 1.165) is 44.4 Å². The van der Waals surface area contributed by atoms with Crippen molar-refractivity contribution in [1.82, 2.24) is 20.0 Å². The van der Waals surface area contributed by atoms with E-state index in [-0.39, 0.29) is 12.5 Å². The van der Waals surface area contributed by atoms with Gasteiger partial charge < -0.3 is 19.8 Å². The molecule has 1 amide bonds. The first-order valence-corrected chi connectivity index (χ1v) is 10.7. The van der Waals surface area contributed by atoms with Crippen molar-refractivity contribution < 1.29 is 9.90 Å². The van der Waals surface area contributed by atoms with Gasteiger partial charge in [-0.1, -0.05) is 23.7 Å². The van der Waals surface area contributed by atoms with Crippen LogP contribution in [0.25, 0.3) is 0 Å². The molecule has 9 heteroatoms. The Morgan fingerprint density at radius 1 is 0.867 bits per heavy atom. The summed E-state index contributed by atoms with van der Waals surface area (Å²) in [6.45, 7) is 7.22. The maximum atomic E-state index is 12.7. The summed E-state index contributed by atoms with van der Waals surface area (Å²) in [7, 11) is 0. The lowest BCUT2D eigenvalue weighted by Gasteiger charge is -2.36. The van der Waals surface area contributed by atoms with Crippen LogP contribution in [0.3, 0.4) is 0 Å². The molecule has 4 rings (SSSR count). The number of aliphatic hydroxyl groups excluding tert-OH is 1. The smallest absolute Gasteiger partial charge is 0.255 e. The van der Waals surface area contributed by atoms with E-state index < -0.39 is 0 Å². The maximum absolute atomic E-state index is 12.7. The minimum Gasteiger partial charge on any atom is -0.395 e. The summed E-state index contributed by atoms with van der Waals surface area (Å²) >= 11 is 6.17. The number of hydrogen-bond donors (Lipinski definition) is 1. The number of aliphatic hydroxyl groups is 1. The van der Waals surface area contributed by atoms with E-state index in [1.54, 1.807) is 12.1 Å². The highest BCUT2D eigenvalue weighted by molar-refractivity contribution is 6.33. The Morgan fingerprint density at radius 3 is 1.97 bits per heavy atom. The highest BCUT2D eigenvalue weighted by atomic mass is 35.5. The number of carbonyl (C=O) groups excluding carboxylic acids is 1. The zero-order valence-corrected chi connectivity index (χ0v) is 17.7. The van der Waals surface area contributed by atoms with Gasteiger partial charge in [-0.15, -0.1) is 10.2 Å². The highest BCUT2D eigenvalue weighted by Gasteiger charge is 2.24. The lowest BCUT2D eigenvalue weighted by atomic mass is 10.2. The molecule has 0 unspecified atom stereocenters. The molecule has 0 bridgehead atoms. The molecule has 3 heterocycles. The van der Waals surface area contributed by atoms with Crippen LogP contribution in [0.15, 0.2) is 36.4 Å². The number of carbonyl (C=O) groups is 1. The molecule has 0 radical (unpaired) electrons. The highest BCUT2D eigenvalue weighted by Crippen LogP contribution is 2.21. The summed E-state index contributed by atoms with van der Waals surface area (Å²) in [5, 5.41) is 18.4. The molecule has 0 saturated carbocycles. The molecular weight excluding hydrogens is 404 g/mol. The number of hydrogen-bond acceptors (Lipinski definition) is 7. The van der Waals surface area contributed by atoms with Crippen molar-refractivity contribution >= 4 is 29.1 Å². The number of aromatic nitrogens is 2. The van der Waals surface area contributed by atoms with Gasteiger partial charge in [0.1, 0.15) is 0 Å². The second kappa shape index (κ2) is 9.59. The van der Waals surface area contributed by atoms with Gasteiger partial charge >= 0.3 is 0 Å². The Balaban J connectivity index is 1.31. The van der Waals surface area contributed by atoms with Gasteiger partial charge in [0.15, 0.2) is 11.6 Å². The van der Waals surface area contributed by atoms with Gasteiger partial charge in [-0.2, -0.15) is 0 Å². The Kier molecular flexibility index (Phi) is 6.66. The molecule has 2 aliphatic heterocycles. The van der Waals surface area contributed by atoms with Crippen molar-refractivity contribution in [2.45, 2.75) is 0 Å². The molecule has 0 aliphatic carbocycles. The van der Waals surface area contributed by atoms with E-state index in [4.69, 9.17) is 16.7 Å². The average Bonchev–Trinajstić information content (AvgIpc) is 2.80. The van der Waals surface area contributed by atoms with Crippen LogP contribution in [-0.2, 0) is 0 Å². The largest absolute Gasteiger partial charge is 0.395 e. The van der Waals surface area contributed by atoms with Gasteiger partial charge in [-0.25, -0.2) is 0 Å². The van der Waals surface area contributed by atoms with E-state index in [2.05, 4.69) is 24.9 Å². The summed E-state index contributed by atoms with van der Waals surface area (Å²) in [6.07, 6.45) is 0. The quantitative estimate of drug-likeness (QED) is 0.764. The van der Waals surface area contributed by atoms with Crippen LogP contribution in [0, 0.1) is 0 Å². The topological polar surface area (TPSA) is 76.0 Å². The fourth-order valence-electron chi connectivity index (χ4n) is 3.94. The van der Waals surface area contributed by atoms with Gasteiger partial charge in [0.05, 0.1) is 17.2 Å². The van der Waals surface area contributed by atoms with Crippen molar-refractivity contribution in [3.63, 3.8) is 0 Å². The SMILES string of the molecule is O=C(c1ccccc1Cl)N1CCN(c2ccc(N3CCN(CCO)CC3)nn2)CC1. The predicted molar refractivity (Wildman–Crippen MR) is 117 cm³/mol. The normalized spacial score (nSPS) is 18.0. The molecule has 8 nitrogen and oxygen atoms in total. The molecule has 1 aromatic heterocycles. The maximum Gasteiger partial charge on any atom is 0.255 e. The predicted octanol–water partition coefficient (Wildman–Crippen LogP) is 1.21. The lowest BCUT2D eigenvalue weighted by Crippen LogP contribution is -2.49. The number of benzene rings is 1. The van der Waals surface area contributed by atoms with Crippen molar-refractivity contribution in [3.05, 3.63) is 47.0 Å². The number of piperazine rings is 2. The van der Waals surface area contributed by atoms with E-state index in [9.17, 15) is 4.79 Å². The Bertz CT molecular complexity index is 849. The van der Waals surface area contributed by atoms with Gasteiger partial charge in [0.2, 0.25) is 0 Å². The van der Waals surface area contributed by atoms with E-state index >= 15 is 0 Å². The first-order chi connectivity index (χ1) is 14.7. The van der Waals surface area contributed by atoms with E-state index in [0.29, 0.717) is 36.8 Å². The number of amides is 1. The molecule has 1 N–H and O–H groups in total. The Hall–Kier alpha value is -2.42. The van der Waals surface area contributed by atoms with Gasteiger partial charge in [-0.3, -0.25) is 9.69 Å². The van der Waals surface area contributed by atoms with Crippen LogP contribution in [0.4, 0.5) is 11.6 Å². The molecule has 2 saturated heterocycles. The molecule has 2 aliphatic rings. The standard InChI is InChI=1S/C21H27ClN6O2/c22-18-4-2-1-3-17(18)21(30)28-13-11-27(12-14-28)20-6-5-19(23-24-20)26-9-7-25(8-10-26)15-16-29/h1-6,29H,7-16H2. The van der Waals surface area contributed by atoms with Gasteiger partial charge in [0.25, 0.3) is 5.91 Å². The lowest BCUT2D eigenvalue weighted by molar-refractivity contribution is 0.0746. The minimum absolute atomic E-state index is 0.0259. The molecule has 30 heavy (non-hydrogen) atoms. The van der Waals surface area contributed by atoms with Crippen molar-refractivity contribution in [2.24, 2.45) is 0 Å². The fraction of sp³-hybridized carbons (Fsp3) is 0.476. The van der Waals surface area contributed by atoms with Crippen molar-refractivity contribution in [2.75, 3.05) is 75.3 Å². The van der Waals surface area contributed by atoms with Crippen LogP contribution in [0.2, 0.25) is 5.02 Å². The third kappa shape index (κ3) is 4.66. The average molecular weight is 431 g/mol. The zero-order chi connectivity index (χ0) is 20.9. The summed E-state index contributed by atoms with van der Waals surface area (Å²) in [5.74, 6) is 1.69. The number of rotatable bonds is 5. The summed E-state index contributed by atoms with van der Waals surface area (Å²) in [5.41, 5.74) is 0.552. The number of nitrogens with zero attached hydrogens (tertiary/aromatic N) is 6. The summed E-state index contributed by atoms with van der Waals surface area (Å²) < 4.78 is 0. The van der Waals surface area contributed by atoms with Crippen LogP contribution in [-0.4, -0.2) is 96.5 Å². The van der Waals surface area contributed by atoms with Crippen LogP contribution in [0.1, 0.15) is 10.4 Å². The second-order valence-corrected chi connectivity index (χ2v) is 7.97. The van der Waals surface area contributed by atoms with Crippen LogP contribution >= 0.6 is 11.6 Å². The Labute approximate surface area is 181 Å². The molecule has 0 spiro atoms. The first-order valence-electron chi connectivity index (χ1n) is 10.4. The molecule has 2 fully saturated rings. The minimum atomic E-state index is -0.0259. The Morgan fingerprint density at radius 2 is 1.43 bits per heavy atom. The van der Waals surface area contributed by atoms with Gasteiger partial charge in [-0.05, 0) is 24.3 Å². The summed E-state index contributed by atoms with van der Waals surface area (Å²) in [4.78, 5) is 21.2. The molecule has 1 aromatic carbocycles. The molecule has 0 atom stereocenters. The second-order valence-electron chi connectivity index (χ2n) is 7.56.